The molecule has 0 rings (SSSR count). The summed E-state index contributed by atoms with van der Waals surface area (Å²) in [5, 5.41) is 0. The third kappa shape index (κ3) is 14.7. The number of hydrogen-bond donors (Lipinski definition) is 0. The fourth-order valence-corrected chi connectivity index (χ4v) is 4.87. The van der Waals surface area contributed by atoms with Crippen molar-refractivity contribution < 1.29 is 0 Å². The van der Waals surface area contributed by atoms with E-state index in [-0.39, 0.29) is 0 Å². The molecule has 0 saturated carbocycles. The van der Waals surface area contributed by atoms with Crippen LogP contribution in [0.15, 0.2) is 0 Å². The van der Waals surface area contributed by atoms with E-state index < -0.39 is 0 Å². The van der Waals surface area contributed by atoms with Gasteiger partial charge in [0.25, 0.3) is 0 Å². The Morgan fingerprint density at radius 3 is 1.32 bits per heavy atom. The van der Waals surface area contributed by atoms with Gasteiger partial charge >= 0.3 is 130 Å². The minimum atomic E-state index is 0.693. The molecule has 0 aromatic carbocycles. The van der Waals surface area contributed by atoms with Crippen molar-refractivity contribution in [1.82, 2.24) is 0 Å². The van der Waals surface area contributed by atoms with E-state index in [9.17, 15) is 0 Å². The molecule has 0 aromatic heterocycles. The van der Waals surface area contributed by atoms with Gasteiger partial charge in [0.05, 0.1) is 0 Å². The molecule has 0 N–H and O–H groups in total. The third-order valence-corrected chi connectivity index (χ3v) is 6.16. The molecule has 0 nitrogen and oxygen atoms in total. The van der Waals surface area contributed by atoms with E-state index in [2.05, 4.69) is 27.7 Å². The topological polar surface area (TPSA) is 0 Å². The summed E-state index contributed by atoms with van der Waals surface area (Å²) in [4.78, 5) is 0. The molecule has 2 unspecified atom stereocenters. The summed E-state index contributed by atoms with van der Waals surface area (Å²) in [6.07, 6.45) is 17.5. The zero-order valence-corrected chi connectivity index (χ0v) is 15.4. The van der Waals surface area contributed by atoms with E-state index in [0.29, 0.717) is 15.2 Å². The second kappa shape index (κ2) is 14.9. The zero-order valence-electron chi connectivity index (χ0n) is 14.2. The summed E-state index contributed by atoms with van der Waals surface area (Å²) in [6, 6.07) is 0. The summed E-state index contributed by atoms with van der Waals surface area (Å²) >= 11 is 0.693. The molecule has 0 heterocycles. The zero-order chi connectivity index (χ0) is 14.3. The van der Waals surface area contributed by atoms with Gasteiger partial charge < -0.3 is 0 Å². The molecule has 2 atom stereocenters. The summed E-state index contributed by atoms with van der Waals surface area (Å²) in [5.74, 6) is 0. The average molecular weight is 281 g/mol. The molecule has 0 aliphatic carbocycles. The van der Waals surface area contributed by atoms with Gasteiger partial charge in [0.2, 0.25) is 0 Å². The number of unbranched alkanes of at least 4 members (excludes halogenated alkanes) is 8. The van der Waals surface area contributed by atoms with Crippen molar-refractivity contribution in [2.75, 3.05) is 0 Å². The molecule has 0 spiro atoms. The van der Waals surface area contributed by atoms with Crippen molar-refractivity contribution in [3.8, 4) is 0 Å². The van der Waals surface area contributed by atoms with Crippen LogP contribution in [0, 0.1) is 0 Å². The van der Waals surface area contributed by atoms with Gasteiger partial charge in [-0.3, -0.25) is 0 Å². The van der Waals surface area contributed by atoms with Gasteiger partial charge in [-0.1, -0.05) is 0 Å². The Kier molecular flexibility index (Phi) is 15.4. The maximum atomic E-state index is 2.50. The third-order valence-electron chi connectivity index (χ3n) is 4.18. The molecule has 0 aliphatic heterocycles. The fraction of sp³-hybridized carbons (Fsp3) is 1.00. The van der Waals surface area contributed by atoms with Gasteiger partial charge in [0, 0.05) is 0 Å². The predicted molar refractivity (Wildman–Crippen MR) is 91.4 cm³/mol. The molecule has 0 amide bonds. The Morgan fingerprint density at radius 1 is 0.579 bits per heavy atom. The monoisotopic (exact) mass is 281 g/mol. The van der Waals surface area contributed by atoms with E-state index in [1.807, 2.05) is 0 Å². The van der Waals surface area contributed by atoms with Crippen LogP contribution in [-0.4, -0.2) is 15.2 Å². The van der Waals surface area contributed by atoms with E-state index in [1.165, 1.54) is 77.0 Å². The first-order valence-corrected chi connectivity index (χ1v) is 10.4. The van der Waals surface area contributed by atoms with Crippen LogP contribution in [-0.2, 0) is 0 Å². The van der Waals surface area contributed by atoms with Gasteiger partial charge in [0.15, 0.2) is 0 Å². The molecule has 0 bridgehead atoms. The van der Waals surface area contributed by atoms with Crippen LogP contribution in [0.4, 0.5) is 0 Å². The number of rotatable bonds is 14. The van der Waals surface area contributed by atoms with Crippen molar-refractivity contribution in [2.24, 2.45) is 0 Å². The van der Waals surface area contributed by atoms with Crippen LogP contribution >= 0.6 is 0 Å². The molecular weight excluding hydrogens is 243 g/mol. The molecule has 0 aromatic rings. The standard InChI is InChI=1S/2C9H19.Al/c2*1-3-5-7-9-8-6-4-2;/h2*3H,4-9H2,1-2H3;/q;;+1. The molecule has 0 fully saturated rings. The molecule has 19 heavy (non-hydrogen) atoms. The Bertz CT molecular complexity index is 149. The maximum absolute atomic E-state index is 2.50. The van der Waals surface area contributed by atoms with Crippen LogP contribution < -0.4 is 0 Å². The molecule has 0 saturated heterocycles. The Morgan fingerprint density at radius 2 is 0.947 bits per heavy atom. The molecule has 0 radical (unpaired) electrons. The summed E-state index contributed by atoms with van der Waals surface area (Å²) in [5.41, 5.74) is 0. The summed E-state index contributed by atoms with van der Waals surface area (Å²) in [6.45, 7) is 9.61. The van der Waals surface area contributed by atoms with Gasteiger partial charge in [0.1, 0.15) is 0 Å². The SMILES string of the molecule is CCCCCCC[CH](C)[Al+][CH](C)CCCCCCC. The Labute approximate surface area is 129 Å². The fourth-order valence-electron chi connectivity index (χ4n) is 2.89. The summed E-state index contributed by atoms with van der Waals surface area (Å²) < 4.78 is 2.07. The Balaban J connectivity index is 3.34. The second-order valence-electron chi connectivity index (χ2n) is 6.55. The van der Waals surface area contributed by atoms with Crippen LogP contribution in [0.25, 0.3) is 0 Å². The van der Waals surface area contributed by atoms with Crippen LogP contribution in [0.1, 0.15) is 105 Å². The van der Waals surface area contributed by atoms with Crippen molar-refractivity contribution >= 4 is 15.2 Å². The average Bonchev–Trinajstić information content (AvgIpc) is 2.38. The van der Waals surface area contributed by atoms with E-state index in [4.69, 9.17) is 0 Å². The van der Waals surface area contributed by atoms with Crippen LogP contribution in [0.5, 0.6) is 0 Å². The molecule has 1 heteroatoms. The quantitative estimate of drug-likeness (QED) is 0.237. The van der Waals surface area contributed by atoms with Gasteiger partial charge in [-0.15, -0.1) is 0 Å². The van der Waals surface area contributed by atoms with Gasteiger partial charge in [-0.05, 0) is 0 Å². The molecular formula is C18H38Al+. The van der Waals surface area contributed by atoms with E-state index >= 15 is 0 Å². The van der Waals surface area contributed by atoms with Crippen LogP contribution in [0.2, 0.25) is 9.56 Å². The van der Waals surface area contributed by atoms with E-state index in [1.54, 1.807) is 0 Å². The number of hydrogen-bond acceptors (Lipinski definition) is 0. The summed E-state index contributed by atoms with van der Waals surface area (Å²) in [7, 11) is 0. The molecule has 112 valence electrons. The van der Waals surface area contributed by atoms with Gasteiger partial charge in [-0.2, -0.15) is 0 Å². The Hall–Kier alpha value is 0.532. The second-order valence-corrected chi connectivity index (χ2v) is 9.21. The van der Waals surface area contributed by atoms with Crippen molar-refractivity contribution in [3.05, 3.63) is 0 Å². The van der Waals surface area contributed by atoms with Crippen molar-refractivity contribution in [3.63, 3.8) is 0 Å². The first kappa shape index (κ1) is 19.5. The van der Waals surface area contributed by atoms with Gasteiger partial charge in [-0.25, -0.2) is 0 Å². The molecule has 0 aliphatic rings. The van der Waals surface area contributed by atoms with E-state index in [0.717, 1.165) is 9.56 Å². The minimum absolute atomic E-state index is 0.693. The normalized spacial score (nSPS) is 14.1. The first-order chi connectivity index (χ1) is 9.20. The predicted octanol–water partition coefficient (Wildman–Crippen LogP) is 7.03. The van der Waals surface area contributed by atoms with Crippen LogP contribution in [0.3, 0.4) is 0 Å². The van der Waals surface area contributed by atoms with Crippen molar-refractivity contribution in [2.45, 2.75) is 114 Å². The first-order valence-electron chi connectivity index (χ1n) is 9.05. The van der Waals surface area contributed by atoms with Crippen molar-refractivity contribution in [1.29, 1.82) is 0 Å².